The zero-order valence-corrected chi connectivity index (χ0v) is 11.9. The minimum atomic E-state index is 0.592. The van der Waals surface area contributed by atoms with Gasteiger partial charge in [0.15, 0.2) is 0 Å². The van der Waals surface area contributed by atoms with Crippen molar-refractivity contribution in [3.05, 3.63) is 28.2 Å². The van der Waals surface area contributed by atoms with Gasteiger partial charge in [-0.1, -0.05) is 42.8 Å². The summed E-state index contributed by atoms with van der Waals surface area (Å²) in [5, 5.41) is 0.615. The second kappa shape index (κ2) is 5.92. The molecule has 0 aromatic heterocycles. The van der Waals surface area contributed by atoms with E-state index in [1.165, 1.54) is 10.5 Å². The predicted molar refractivity (Wildman–Crippen MR) is 72.2 cm³/mol. The molecule has 0 fully saturated rings. The number of hydrogen-bond acceptors (Lipinski definition) is 2. The molecule has 1 aromatic carbocycles. The van der Waals surface area contributed by atoms with Gasteiger partial charge in [0.25, 0.3) is 0 Å². The van der Waals surface area contributed by atoms with Gasteiger partial charge in [0.05, 0.1) is 0 Å². The van der Waals surface area contributed by atoms with Crippen molar-refractivity contribution in [2.24, 2.45) is 11.7 Å². The Balaban J connectivity index is 2.89. The van der Waals surface area contributed by atoms with E-state index < -0.39 is 0 Å². The van der Waals surface area contributed by atoms with Gasteiger partial charge in [0.2, 0.25) is 0 Å². The topological polar surface area (TPSA) is 26.0 Å². The molecule has 0 aliphatic rings. The van der Waals surface area contributed by atoms with E-state index >= 15 is 0 Å². The van der Waals surface area contributed by atoms with E-state index in [-0.39, 0.29) is 0 Å². The van der Waals surface area contributed by atoms with Crippen molar-refractivity contribution in [3.8, 4) is 0 Å². The molecular formula is C12H18BrNS. The van der Waals surface area contributed by atoms with Crippen LogP contribution in [0.1, 0.15) is 26.3 Å². The lowest BCUT2D eigenvalue weighted by Gasteiger charge is -2.17. The van der Waals surface area contributed by atoms with E-state index in [0.717, 1.165) is 4.47 Å². The maximum Gasteiger partial charge on any atom is 0.0231 e. The van der Waals surface area contributed by atoms with Gasteiger partial charge in [-0.05, 0) is 23.6 Å². The molecule has 0 aliphatic carbocycles. The molecule has 1 unspecified atom stereocenters. The summed E-state index contributed by atoms with van der Waals surface area (Å²) >= 11 is 5.45. The molecule has 0 saturated carbocycles. The van der Waals surface area contributed by atoms with Crippen molar-refractivity contribution in [1.29, 1.82) is 0 Å². The SMILES string of the molecule is CC(C)C(C)Sc1cccc(Br)c1CN. The smallest absolute Gasteiger partial charge is 0.0231 e. The van der Waals surface area contributed by atoms with E-state index in [2.05, 4.69) is 48.8 Å². The molecule has 1 nitrogen and oxygen atoms in total. The molecule has 1 atom stereocenters. The van der Waals surface area contributed by atoms with Crippen molar-refractivity contribution in [2.75, 3.05) is 0 Å². The van der Waals surface area contributed by atoms with E-state index in [4.69, 9.17) is 5.73 Å². The fourth-order valence-electron chi connectivity index (χ4n) is 1.18. The zero-order valence-electron chi connectivity index (χ0n) is 9.46. The highest BCUT2D eigenvalue weighted by atomic mass is 79.9. The molecule has 1 rings (SSSR count). The Labute approximate surface area is 105 Å². The lowest BCUT2D eigenvalue weighted by atomic mass is 10.2. The maximum absolute atomic E-state index is 5.76. The van der Waals surface area contributed by atoms with Gasteiger partial charge in [-0.2, -0.15) is 0 Å². The van der Waals surface area contributed by atoms with E-state index in [0.29, 0.717) is 17.7 Å². The number of nitrogens with two attached hydrogens (primary N) is 1. The summed E-state index contributed by atoms with van der Waals surface area (Å²) in [7, 11) is 0. The Kier molecular flexibility index (Phi) is 5.16. The molecule has 0 heterocycles. The van der Waals surface area contributed by atoms with Crippen molar-refractivity contribution in [2.45, 2.75) is 37.5 Å². The lowest BCUT2D eigenvalue weighted by molar-refractivity contribution is 0.642. The Morgan fingerprint density at radius 1 is 1.33 bits per heavy atom. The first-order chi connectivity index (χ1) is 7.06. The predicted octanol–water partition coefficient (Wildman–Crippen LogP) is 4.04. The number of rotatable bonds is 4. The van der Waals surface area contributed by atoms with Crippen molar-refractivity contribution in [1.82, 2.24) is 0 Å². The fraction of sp³-hybridized carbons (Fsp3) is 0.500. The third kappa shape index (κ3) is 3.51. The maximum atomic E-state index is 5.76. The fourth-order valence-corrected chi connectivity index (χ4v) is 3.01. The minimum Gasteiger partial charge on any atom is -0.326 e. The zero-order chi connectivity index (χ0) is 11.4. The summed E-state index contributed by atoms with van der Waals surface area (Å²) in [6, 6.07) is 6.27. The van der Waals surface area contributed by atoms with Crippen LogP contribution in [0.4, 0.5) is 0 Å². The largest absolute Gasteiger partial charge is 0.326 e. The highest BCUT2D eigenvalue weighted by molar-refractivity contribution is 9.10. The second-order valence-corrected chi connectivity index (χ2v) is 6.26. The van der Waals surface area contributed by atoms with Crippen LogP contribution in [-0.2, 0) is 6.54 Å². The molecule has 0 bridgehead atoms. The van der Waals surface area contributed by atoms with E-state index in [1.54, 1.807) is 0 Å². The first-order valence-electron chi connectivity index (χ1n) is 5.20. The summed E-state index contributed by atoms with van der Waals surface area (Å²) in [5.74, 6) is 0.680. The van der Waals surface area contributed by atoms with Gasteiger partial charge in [-0.15, -0.1) is 11.8 Å². The molecule has 1 aromatic rings. The van der Waals surface area contributed by atoms with Crippen LogP contribution in [0.15, 0.2) is 27.6 Å². The lowest BCUT2D eigenvalue weighted by Crippen LogP contribution is -2.07. The molecular weight excluding hydrogens is 270 g/mol. The molecule has 0 amide bonds. The molecule has 0 radical (unpaired) electrons. The van der Waals surface area contributed by atoms with Crippen LogP contribution in [0.5, 0.6) is 0 Å². The Morgan fingerprint density at radius 3 is 2.53 bits per heavy atom. The van der Waals surface area contributed by atoms with Gasteiger partial charge < -0.3 is 5.73 Å². The minimum absolute atomic E-state index is 0.592. The monoisotopic (exact) mass is 287 g/mol. The van der Waals surface area contributed by atoms with Crippen LogP contribution < -0.4 is 5.73 Å². The molecule has 2 N–H and O–H groups in total. The van der Waals surface area contributed by atoms with Crippen LogP contribution in [0, 0.1) is 5.92 Å². The van der Waals surface area contributed by atoms with Gasteiger partial charge in [0.1, 0.15) is 0 Å². The van der Waals surface area contributed by atoms with Gasteiger partial charge in [-0.3, -0.25) is 0 Å². The summed E-state index contributed by atoms with van der Waals surface area (Å²) < 4.78 is 1.12. The quantitative estimate of drug-likeness (QED) is 0.846. The number of thioether (sulfide) groups is 1. The number of hydrogen-bond donors (Lipinski definition) is 1. The van der Waals surface area contributed by atoms with Gasteiger partial charge in [0, 0.05) is 21.2 Å². The highest BCUT2D eigenvalue weighted by Crippen LogP contribution is 2.33. The molecule has 84 valence electrons. The molecule has 3 heteroatoms. The number of benzene rings is 1. The average molecular weight is 288 g/mol. The molecule has 0 saturated heterocycles. The van der Waals surface area contributed by atoms with Crippen LogP contribution in [0.3, 0.4) is 0 Å². The van der Waals surface area contributed by atoms with Crippen LogP contribution in [0.2, 0.25) is 0 Å². The van der Waals surface area contributed by atoms with Gasteiger partial charge in [-0.25, -0.2) is 0 Å². The average Bonchev–Trinajstić information content (AvgIpc) is 2.18. The van der Waals surface area contributed by atoms with Gasteiger partial charge >= 0.3 is 0 Å². The highest BCUT2D eigenvalue weighted by Gasteiger charge is 2.12. The van der Waals surface area contributed by atoms with Crippen LogP contribution >= 0.6 is 27.7 Å². The molecule has 0 aliphatic heterocycles. The Bertz CT molecular complexity index is 325. The van der Waals surface area contributed by atoms with Crippen LogP contribution in [0.25, 0.3) is 0 Å². The Hall–Kier alpha value is 0.01000. The molecule has 0 spiro atoms. The van der Waals surface area contributed by atoms with Crippen LogP contribution in [-0.4, -0.2) is 5.25 Å². The summed E-state index contributed by atoms with van der Waals surface area (Å²) in [6.07, 6.45) is 0. The second-order valence-electron chi connectivity index (χ2n) is 3.99. The first-order valence-corrected chi connectivity index (χ1v) is 6.87. The summed E-state index contributed by atoms with van der Waals surface area (Å²) in [4.78, 5) is 1.30. The molecule has 15 heavy (non-hydrogen) atoms. The Morgan fingerprint density at radius 2 is 2.00 bits per heavy atom. The first kappa shape index (κ1) is 13.1. The summed E-state index contributed by atoms with van der Waals surface area (Å²) in [5.41, 5.74) is 6.98. The number of halogens is 1. The normalized spacial score (nSPS) is 13.2. The van der Waals surface area contributed by atoms with Crippen molar-refractivity contribution >= 4 is 27.7 Å². The van der Waals surface area contributed by atoms with E-state index in [1.807, 2.05) is 17.8 Å². The third-order valence-corrected chi connectivity index (χ3v) is 4.83. The third-order valence-electron chi connectivity index (χ3n) is 2.53. The standard InChI is InChI=1S/C12H18BrNS/c1-8(2)9(3)15-12-6-4-5-11(13)10(12)7-14/h4-6,8-9H,7,14H2,1-3H3. The van der Waals surface area contributed by atoms with E-state index in [9.17, 15) is 0 Å². The summed E-state index contributed by atoms with van der Waals surface area (Å²) in [6.45, 7) is 7.35. The van der Waals surface area contributed by atoms with Crippen molar-refractivity contribution in [3.63, 3.8) is 0 Å². The van der Waals surface area contributed by atoms with Crippen molar-refractivity contribution < 1.29 is 0 Å².